The van der Waals surface area contributed by atoms with E-state index in [0.29, 0.717) is 6.42 Å². The first-order valence-electron chi connectivity index (χ1n) is 5.12. The highest BCUT2D eigenvalue weighted by Gasteiger charge is 2.30. The molecule has 0 aromatic heterocycles. The smallest absolute Gasteiger partial charge is 0.410 e. The number of hydrogen-bond acceptors (Lipinski definition) is 4. The Labute approximate surface area is 89.6 Å². The molecule has 0 spiro atoms. The normalized spacial score (nSPS) is 27.7. The van der Waals surface area contributed by atoms with Crippen LogP contribution in [0.15, 0.2) is 0 Å². The molecule has 0 saturated carbocycles. The predicted octanol–water partition coefficient (Wildman–Crippen LogP) is 0.349. The van der Waals surface area contributed by atoms with Crippen molar-refractivity contribution >= 4 is 6.09 Å². The lowest BCUT2D eigenvalue weighted by Gasteiger charge is -2.34. The largest absolute Gasteiger partial charge is 0.444 e. The number of amides is 1. The van der Waals surface area contributed by atoms with Crippen LogP contribution in [0, 0.1) is 0 Å². The van der Waals surface area contributed by atoms with E-state index in [-0.39, 0.29) is 13.1 Å². The summed E-state index contributed by atoms with van der Waals surface area (Å²) in [5.41, 5.74) is -0.551. The van der Waals surface area contributed by atoms with Crippen LogP contribution in [0.25, 0.3) is 0 Å². The number of rotatable bonds is 0. The van der Waals surface area contributed by atoms with Crippen molar-refractivity contribution in [2.24, 2.45) is 0 Å². The van der Waals surface area contributed by atoms with Crippen LogP contribution in [0.4, 0.5) is 4.79 Å². The first-order valence-corrected chi connectivity index (χ1v) is 5.12. The molecule has 1 aliphatic rings. The highest BCUT2D eigenvalue weighted by Crippen LogP contribution is 2.15. The molecule has 1 amide bonds. The molecule has 2 atom stereocenters. The molecule has 0 aromatic rings. The van der Waals surface area contributed by atoms with Gasteiger partial charge in [-0.25, -0.2) is 4.79 Å². The molecule has 5 heteroatoms. The Morgan fingerprint density at radius 3 is 2.13 bits per heavy atom. The Kier molecular flexibility index (Phi) is 3.57. The van der Waals surface area contributed by atoms with Gasteiger partial charge in [0, 0.05) is 6.42 Å². The van der Waals surface area contributed by atoms with Crippen molar-refractivity contribution in [3.63, 3.8) is 0 Å². The van der Waals surface area contributed by atoms with Gasteiger partial charge in [0.1, 0.15) is 5.60 Å². The topological polar surface area (TPSA) is 70.0 Å². The summed E-state index contributed by atoms with van der Waals surface area (Å²) in [7, 11) is 0. The third-order valence-electron chi connectivity index (χ3n) is 2.06. The summed E-state index contributed by atoms with van der Waals surface area (Å²) in [6, 6.07) is 0. The van der Waals surface area contributed by atoms with Crippen LogP contribution < -0.4 is 0 Å². The Morgan fingerprint density at radius 1 is 1.27 bits per heavy atom. The van der Waals surface area contributed by atoms with Crippen molar-refractivity contribution in [3.05, 3.63) is 0 Å². The molecule has 2 N–H and O–H groups in total. The van der Waals surface area contributed by atoms with Gasteiger partial charge in [0.25, 0.3) is 0 Å². The Bertz CT molecular complexity index is 226. The van der Waals surface area contributed by atoms with Gasteiger partial charge in [0.05, 0.1) is 25.3 Å². The second-order valence-corrected chi connectivity index (χ2v) is 4.93. The SMILES string of the molecule is CC(C)(C)OC(=O)N1C[C@@H](O)C[C@H](O)C1. The second-order valence-electron chi connectivity index (χ2n) is 4.93. The molecular weight excluding hydrogens is 198 g/mol. The fourth-order valence-electron chi connectivity index (χ4n) is 1.52. The number of carbonyl (C=O) groups excluding carboxylic acids is 1. The van der Waals surface area contributed by atoms with Crippen molar-refractivity contribution in [2.45, 2.75) is 45.0 Å². The minimum atomic E-state index is -0.665. The van der Waals surface area contributed by atoms with Gasteiger partial charge in [-0.2, -0.15) is 0 Å². The maximum absolute atomic E-state index is 11.6. The number of nitrogens with zero attached hydrogens (tertiary/aromatic N) is 1. The summed E-state index contributed by atoms with van der Waals surface area (Å²) in [5.74, 6) is 0. The van der Waals surface area contributed by atoms with Gasteiger partial charge in [0.2, 0.25) is 0 Å². The fraction of sp³-hybridized carbons (Fsp3) is 0.900. The molecule has 0 aromatic carbocycles. The number of aliphatic hydroxyl groups excluding tert-OH is 2. The van der Waals surface area contributed by atoms with E-state index in [2.05, 4.69) is 0 Å². The van der Waals surface area contributed by atoms with E-state index in [0.717, 1.165) is 0 Å². The van der Waals surface area contributed by atoms with Crippen LogP contribution in [-0.4, -0.2) is 52.1 Å². The molecule has 0 bridgehead atoms. The zero-order chi connectivity index (χ0) is 11.6. The quantitative estimate of drug-likeness (QED) is 0.614. The van der Waals surface area contributed by atoms with Gasteiger partial charge in [-0.05, 0) is 20.8 Å². The van der Waals surface area contributed by atoms with Crippen LogP contribution in [0.3, 0.4) is 0 Å². The molecule has 1 saturated heterocycles. The molecular formula is C10H19NO4. The van der Waals surface area contributed by atoms with Crippen molar-refractivity contribution in [1.29, 1.82) is 0 Å². The highest BCUT2D eigenvalue weighted by atomic mass is 16.6. The number of β-amino-alcohol motifs (C(OH)–C–C–N with tert-alkyl or cyclic N) is 2. The Balaban J connectivity index is 2.52. The van der Waals surface area contributed by atoms with Crippen LogP contribution in [0.2, 0.25) is 0 Å². The van der Waals surface area contributed by atoms with Crippen molar-refractivity contribution < 1.29 is 19.7 Å². The molecule has 0 radical (unpaired) electrons. The van der Waals surface area contributed by atoms with E-state index in [1.807, 2.05) is 0 Å². The van der Waals surface area contributed by atoms with Crippen molar-refractivity contribution in [2.75, 3.05) is 13.1 Å². The summed E-state index contributed by atoms with van der Waals surface area (Å²) in [5, 5.41) is 18.8. The summed E-state index contributed by atoms with van der Waals surface area (Å²) in [6.07, 6.45) is -1.50. The number of likely N-dealkylation sites (tertiary alicyclic amines) is 1. The number of hydrogen-bond donors (Lipinski definition) is 2. The predicted molar refractivity (Wildman–Crippen MR) is 54.4 cm³/mol. The molecule has 1 heterocycles. The molecule has 1 rings (SSSR count). The zero-order valence-electron chi connectivity index (χ0n) is 9.43. The lowest BCUT2D eigenvalue weighted by molar-refractivity contribution is -0.0294. The van der Waals surface area contributed by atoms with E-state index in [1.54, 1.807) is 20.8 Å². The molecule has 88 valence electrons. The maximum atomic E-state index is 11.6. The van der Waals surface area contributed by atoms with Crippen LogP contribution in [0.1, 0.15) is 27.2 Å². The van der Waals surface area contributed by atoms with Crippen molar-refractivity contribution in [1.82, 2.24) is 4.90 Å². The van der Waals surface area contributed by atoms with Gasteiger partial charge in [-0.3, -0.25) is 0 Å². The lowest BCUT2D eigenvalue weighted by Crippen LogP contribution is -2.49. The molecule has 0 aliphatic carbocycles. The van der Waals surface area contributed by atoms with E-state index in [9.17, 15) is 15.0 Å². The fourth-order valence-corrected chi connectivity index (χ4v) is 1.52. The van der Waals surface area contributed by atoms with E-state index in [4.69, 9.17) is 4.74 Å². The summed E-state index contributed by atoms with van der Waals surface area (Å²) >= 11 is 0. The number of ether oxygens (including phenoxy) is 1. The molecule has 1 aliphatic heterocycles. The molecule has 15 heavy (non-hydrogen) atoms. The lowest BCUT2D eigenvalue weighted by atomic mass is 10.1. The van der Waals surface area contributed by atoms with E-state index in [1.165, 1.54) is 4.90 Å². The van der Waals surface area contributed by atoms with Gasteiger partial charge in [0.15, 0.2) is 0 Å². The summed E-state index contributed by atoms with van der Waals surface area (Å²) < 4.78 is 5.14. The number of aliphatic hydroxyl groups is 2. The number of piperidine rings is 1. The average molecular weight is 217 g/mol. The minimum Gasteiger partial charge on any atom is -0.444 e. The Morgan fingerprint density at radius 2 is 1.73 bits per heavy atom. The van der Waals surface area contributed by atoms with E-state index >= 15 is 0 Å². The van der Waals surface area contributed by atoms with Gasteiger partial charge < -0.3 is 19.8 Å². The third-order valence-corrected chi connectivity index (χ3v) is 2.06. The standard InChI is InChI=1S/C10H19NO4/c1-10(2,3)15-9(14)11-5-7(12)4-8(13)6-11/h7-8,12-13H,4-6H2,1-3H3/t7-,8-/m0/s1. The first kappa shape index (κ1) is 12.3. The summed E-state index contributed by atoms with van der Waals surface area (Å²) in [6.45, 7) is 5.79. The highest BCUT2D eigenvalue weighted by molar-refractivity contribution is 5.68. The minimum absolute atomic E-state index is 0.228. The van der Waals surface area contributed by atoms with Gasteiger partial charge >= 0.3 is 6.09 Å². The zero-order valence-corrected chi connectivity index (χ0v) is 9.43. The maximum Gasteiger partial charge on any atom is 0.410 e. The third kappa shape index (κ3) is 4.05. The van der Waals surface area contributed by atoms with Crippen LogP contribution in [0.5, 0.6) is 0 Å². The first-order chi connectivity index (χ1) is 6.78. The Hall–Kier alpha value is -0.810. The molecule has 1 fully saturated rings. The van der Waals surface area contributed by atoms with E-state index < -0.39 is 23.9 Å². The number of carbonyl (C=O) groups is 1. The monoisotopic (exact) mass is 217 g/mol. The molecule has 5 nitrogen and oxygen atoms in total. The summed E-state index contributed by atoms with van der Waals surface area (Å²) in [4.78, 5) is 12.9. The van der Waals surface area contributed by atoms with Crippen LogP contribution in [-0.2, 0) is 4.74 Å². The van der Waals surface area contributed by atoms with Crippen molar-refractivity contribution in [3.8, 4) is 0 Å². The van der Waals surface area contributed by atoms with Gasteiger partial charge in [-0.1, -0.05) is 0 Å². The molecule has 0 unspecified atom stereocenters. The second kappa shape index (κ2) is 4.37. The van der Waals surface area contributed by atoms with Crippen LogP contribution >= 0.6 is 0 Å². The average Bonchev–Trinajstić information content (AvgIpc) is 1.98. The van der Waals surface area contributed by atoms with Gasteiger partial charge in [-0.15, -0.1) is 0 Å².